The van der Waals surface area contributed by atoms with Crippen molar-refractivity contribution < 1.29 is 19.1 Å². The number of alkyl carbamates (subject to hydrolysis) is 1. The molecular weight excluding hydrogens is 370 g/mol. The Kier molecular flexibility index (Phi) is 7.15. The first-order valence-corrected chi connectivity index (χ1v) is 9.94. The summed E-state index contributed by atoms with van der Waals surface area (Å²) < 4.78 is 10.9. The standard InChI is InChI=1S/C19H26ClN3O4/c20-17-8-5-15(11-21-17)12-22-18(24)27-16-6-3-14(4-7-16)13-26-19(25)23-9-1-2-10-23/h5,8,11,14,16H,1-4,6-7,9-10,12-13H2,(H,22,24). The molecule has 27 heavy (non-hydrogen) atoms. The van der Waals surface area contributed by atoms with Crippen molar-refractivity contribution in [2.24, 2.45) is 5.92 Å². The summed E-state index contributed by atoms with van der Waals surface area (Å²) >= 11 is 5.73. The highest BCUT2D eigenvalue weighted by Gasteiger charge is 2.26. The first-order valence-electron chi connectivity index (χ1n) is 9.57. The predicted molar refractivity (Wildman–Crippen MR) is 100 cm³/mol. The zero-order valence-corrected chi connectivity index (χ0v) is 16.1. The molecule has 1 aliphatic carbocycles. The number of halogens is 1. The van der Waals surface area contributed by atoms with Gasteiger partial charge in [-0.1, -0.05) is 17.7 Å². The van der Waals surface area contributed by atoms with Crippen LogP contribution in [0.3, 0.4) is 0 Å². The summed E-state index contributed by atoms with van der Waals surface area (Å²) in [7, 11) is 0. The number of carbonyl (C=O) groups is 2. The number of hydrogen-bond acceptors (Lipinski definition) is 5. The molecule has 1 aromatic rings. The number of nitrogens with one attached hydrogen (secondary N) is 1. The van der Waals surface area contributed by atoms with Gasteiger partial charge in [0.05, 0.1) is 6.61 Å². The van der Waals surface area contributed by atoms with Gasteiger partial charge in [-0.25, -0.2) is 14.6 Å². The second-order valence-electron chi connectivity index (χ2n) is 7.16. The van der Waals surface area contributed by atoms with Gasteiger partial charge in [0, 0.05) is 25.8 Å². The predicted octanol–water partition coefficient (Wildman–Crippen LogP) is 3.75. The Morgan fingerprint density at radius 1 is 1.19 bits per heavy atom. The summed E-state index contributed by atoms with van der Waals surface area (Å²) in [6.45, 7) is 2.42. The zero-order chi connectivity index (χ0) is 19.1. The number of likely N-dealkylation sites (tertiary alicyclic amines) is 1. The van der Waals surface area contributed by atoms with E-state index in [-0.39, 0.29) is 12.2 Å². The van der Waals surface area contributed by atoms with Crippen molar-refractivity contribution in [3.63, 3.8) is 0 Å². The van der Waals surface area contributed by atoms with Gasteiger partial charge in [-0.05, 0) is 56.1 Å². The maximum absolute atomic E-state index is 11.9. The normalized spacial score (nSPS) is 22.3. The highest BCUT2D eigenvalue weighted by molar-refractivity contribution is 6.29. The van der Waals surface area contributed by atoms with E-state index >= 15 is 0 Å². The second kappa shape index (κ2) is 9.78. The minimum Gasteiger partial charge on any atom is -0.449 e. The largest absolute Gasteiger partial charge is 0.449 e. The Hall–Kier alpha value is -2.02. The lowest BCUT2D eigenvalue weighted by atomic mass is 9.88. The quantitative estimate of drug-likeness (QED) is 0.768. The maximum atomic E-state index is 11.9. The smallest absolute Gasteiger partial charge is 0.409 e. The van der Waals surface area contributed by atoms with Crippen LogP contribution in [0.15, 0.2) is 18.3 Å². The monoisotopic (exact) mass is 395 g/mol. The lowest BCUT2D eigenvalue weighted by Gasteiger charge is -2.28. The molecule has 1 aliphatic heterocycles. The summed E-state index contributed by atoms with van der Waals surface area (Å²) in [5, 5.41) is 3.15. The van der Waals surface area contributed by atoms with Gasteiger partial charge >= 0.3 is 12.2 Å². The van der Waals surface area contributed by atoms with Gasteiger partial charge in [-0.3, -0.25) is 0 Å². The number of ether oxygens (including phenoxy) is 2. The summed E-state index contributed by atoms with van der Waals surface area (Å²) in [5.74, 6) is 0.347. The summed E-state index contributed by atoms with van der Waals surface area (Å²) in [6.07, 6.45) is 6.43. The summed E-state index contributed by atoms with van der Waals surface area (Å²) in [4.78, 5) is 29.6. The molecule has 0 atom stereocenters. The van der Waals surface area contributed by atoms with Gasteiger partial charge in [0.1, 0.15) is 11.3 Å². The maximum Gasteiger partial charge on any atom is 0.409 e. The molecule has 1 saturated heterocycles. The number of rotatable bonds is 5. The van der Waals surface area contributed by atoms with Crippen LogP contribution in [0.5, 0.6) is 0 Å². The molecule has 2 amide bonds. The summed E-state index contributed by atoms with van der Waals surface area (Å²) in [5.41, 5.74) is 0.861. The van der Waals surface area contributed by atoms with Gasteiger partial charge in [-0.15, -0.1) is 0 Å². The third kappa shape index (κ3) is 6.27. The summed E-state index contributed by atoms with van der Waals surface area (Å²) in [6, 6.07) is 3.49. The van der Waals surface area contributed by atoms with Crippen LogP contribution in [-0.2, 0) is 16.0 Å². The topological polar surface area (TPSA) is 80.8 Å². The van der Waals surface area contributed by atoms with E-state index in [0.29, 0.717) is 24.2 Å². The molecule has 0 aromatic carbocycles. The highest BCUT2D eigenvalue weighted by Crippen LogP contribution is 2.27. The van der Waals surface area contributed by atoms with Crippen LogP contribution in [0.25, 0.3) is 0 Å². The van der Waals surface area contributed by atoms with Gasteiger partial charge in [-0.2, -0.15) is 0 Å². The number of amides is 2. The van der Waals surface area contributed by atoms with Crippen molar-refractivity contribution in [1.29, 1.82) is 0 Å². The van der Waals surface area contributed by atoms with Gasteiger partial charge in [0.2, 0.25) is 0 Å². The third-order valence-corrected chi connectivity index (χ3v) is 5.32. The molecule has 2 fully saturated rings. The first-order chi connectivity index (χ1) is 13.1. The van der Waals surface area contributed by atoms with Crippen molar-refractivity contribution >= 4 is 23.8 Å². The number of pyridine rings is 1. The van der Waals surface area contributed by atoms with E-state index in [2.05, 4.69) is 10.3 Å². The van der Waals surface area contributed by atoms with Crippen molar-refractivity contribution in [2.45, 2.75) is 51.2 Å². The molecule has 0 spiro atoms. The van der Waals surface area contributed by atoms with Crippen molar-refractivity contribution in [3.8, 4) is 0 Å². The Balaban J connectivity index is 1.30. The fraction of sp³-hybridized carbons (Fsp3) is 0.632. The lowest BCUT2D eigenvalue weighted by molar-refractivity contribution is 0.0442. The van der Waals surface area contributed by atoms with Crippen LogP contribution >= 0.6 is 11.6 Å². The minimum atomic E-state index is -0.422. The van der Waals surface area contributed by atoms with Crippen molar-refractivity contribution in [2.75, 3.05) is 19.7 Å². The van der Waals surface area contributed by atoms with E-state index < -0.39 is 6.09 Å². The number of aromatic nitrogens is 1. The van der Waals surface area contributed by atoms with E-state index in [1.54, 1.807) is 17.2 Å². The van der Waals surface area contributed by atoms with E-state index in [0.717, 1.165) is 57.2 Å². The van der Waals surface area contributed by atoms with Crippen LogP contribution in [0.1, 0.15) is 44.1 Å². The lowest BCUT2D eigenvalue weighted by Crippen LogP contribution is -2.33. The van der Waals surface area contributed by atoms with Gasteiger partial charge in [0.25, 0.3) is 0 Å². The molecule has 148 valence electrons. The van der Waals surface area contributed by atoms with E-state index in [9.17, 15) is 9.59 Å². The number of nitrogens with zero attached hydrogens (tertiary/aromatic N) is 2. The SMILES string of the molecule is O=C(NCc1ccc(Cl)nc1)OC1CCC(COC(=O)N2CCCC2)CC1. The van der Waals surface area contributed by atoms with Gasteiger partial charge in [0.15, 0.2) is 0 Å². The molecule has 0 unspecified atom stereocenters. The molecule has 2 heterocycles. The van der Waals surface area contributed by atoms with Crippen LogP contribution in [0.4, 0.5) is 9.59 Å². The van der Waals surface area contributed by atoms with Crippen LogP contribution < -0.4 is 5.32 Å². The molecule has 3 rings (SSSR count). The average molecular weight is 396 g/mol. The Bertz CT molecular complexity index is 626. The molecule has 0 radical (unpaired) electrons. The highest BCUT2D eigenvalue weighted by atomic mass is 35.5. The van der Waals surface area contributed by atoms with Crippen LogP contribution in [-0.4, -0.2) is 47.9 Å². The molecule has 7 nitrogen and oxygen atoms in total. The molecule has 1 N–H and O–H groups in total. The van der Waals surface area contributed by atoms with E-state index in [1.807, 2.05) is 6.07 Å². The third-order valence-electron chi connectivity index (χ3n) is 5.10. The fourth-order valence-electron chi connectivity index (χ4n) is 3.47. The van der Waals surface area contributed by atoms with E-state index in [4.69, 9.17) is 21.1 Å². The van der Waals surface area contributed by atoms with Crippen molar-refractivity contribution in [1.82, 2.24) is 15.2 Å². The first kappa shape index (κ1) is 19.7. The fourth-order valence-corrected chi connectivity index (χ4v) is 3.59. The van der Waals surface area contributed by atoms with Crippen LogP contribution in [0.2, 0.25) is 5.15 Å². The minimum absolute atomic E-state index is 0.0844. The zero-order valence-electron chi connectivity index (χ0n) is 15.4. The molecule has 0 bridgehead atoms. The number of carbonyl (C=O) groups excluding carboxylic acids is 2. The molecule has 1 aromatic heterocycles. The van der Waals surface area contributed by atoms with Crippen LogP contribution in [0, 0.1) is 5.92 Å². The van der Waals surface area contributed by atoms with E-state index in [1.165, 1.54) is 0 Å². The van der Waals surface area contributed by atoms with Crippen molar-refractivity contribution in [3.05, 3.63) is 29.0 Å². The Morgan fingerprint density at radius 3 is 2.59 bits per heavy atom. The molecule has 8 heteroatoms. The Labute approximate surface area is 164 Å². The average Bonchev–Trinajstić information content (AvgIpc) is 3.22. The molecular formula is C19H26ClN3O4. The molecule has 2 aliphatic rings. The molecule has 1 saturated carbocycles. The number of hydrogen-bond donors (Lipinski definition) is 1. The second-order valence-corrected chi connectivity index (χ2v) is 7.55. The van der Waals surface area contributed by atoms with Gasteiger partial charge < -0.3 is 19.7 Å². The Morgan fingerprint density at radius 2 is 1.93 bits per heavy atom.